The van der Waals surface area contributed by atoms with E-state index in [9.17, 15) is 4.79 Å². The molecule has 7 heteroatoms. The van der Waals surface area contributed by atoms with Crippen molar-refractivity contribution in [3.63, 3.8) is 0 Å². The zero-order chi connectivity index (χ0) is 18.6. The Morgan fingerprint density at radius 1 is 1.26 bits per heavy atom. The number of nitrogens with one attached hydrogen (secondary N) is 1. The number of aryl methyl sites for hydroxylation is 2. The molecule has 0 aliphatic heterocycles. The second kappa shape index (κ2) is 8.27. The number of hydrogen-bond donors (Lipinski definition) is 1. The van der Waals surface area contributed by atoms with Gasteiger partial charge in [0.1, 0.15) is 21.9 Å². The molecule has 5 nitrogen and oxygen atoms in total. The van der Waals surface area contributed by atoms with Crippen LogP contribution in [0.3, 0.4) is 0 Å². The molecule has 0 spiro atoms. The predicted molar refractivity (Wildman–Crippen MR) is 110 cm³/mol. The number of ether oxygens (including phenoxy) is 1. The van der Waals surface area contributed by atoms with E-state index >= 15 is 0 Å². The van der Waals surface area contributed by atoms with Crippen molar-refractivity contribution in [3.8, 4) is 5.75 Å². The second-order valence-corrected chi connectivity index (χ2v) is 8.50. The third kappa shape index (κ3) is 4.09. The van der Waals surface area contributed by atoms with Gasteiger partial charge in [-0.2, -0.15) is 0 Å². The molecule has 0 bridgehead atoms. The number of carbonyl (C=O) groups excluding carboxylic acids is 1. The SMILES string of the molecule is COc1ccc(CCNC(=O)CSc2ncnc3sc4c(c23)CCC4)cc1. The van der Waals surface area contributed by atoms with Crippen LogP contribution in [0.2, 0.25) is 0 Å². The van der Waals surface area contributed by atoms with Gasteiger partial charge in [-0.05, 0) is 48.9 Å². The van der Waals surface area contributed by atoms with Crippen LogP contribution in [-0.2, 0) is 24.1 Å². The summed E-state index contributed by atoms with van der Waals surface area (Å²) in [4.78, 5) is 23.6. The van der Waals surface area contributed by atoms with Crippen LogP contribution in [0.4, 0.5) is 0 Å². The first kappa shape index (κ1) is 18.3. The molecule has 0 fully saturated rings. The Hall–Kier alpha value is -2.12. The van der Waals surface area contributed by atoms with E-state index in [0.717, 1.165) is 34.9 Å². The summed E-state index contributed by atoms with van der Waals surface area (Å²) in [5.74, 6) is 1.25. The van der Waals surface area contributed by atoms with Crippen molar-refractivity contribution < 1.29 is 9.53 Å². The summed E-state index contributed by atoms with van der Waals surface area (Å²) in [5.41, 5.74) is 2.58. The number of thiophene rings is 1. The minimum Gasteiger partial charge on any atom is -0.497 e. The van der Waals surface area contributed by atoms with E-state index < -0.39 is 0 Å². The van der Waals surface area contributed by atoms with Gasteiger partial charge in [0, 0.05) is 16.8 Å². The fourth-order valence-corrected chi connectivity index (χ4v) is 5.48. The Bertz CT molecular complexity index is 954. The van der Waals surface area contributed by atoms with Crippen LogP contribution in [0.25, 0.3) is 10.2 Å². The van der Waals surface area contributed by atoms with Crippen LogP contribution in [0, 0.1) is 0 Å². The lowest BCUT2D eigenvalue weighted by atomic mass is 10.1. The third-order valence-electron chi connectivity index (χ3n) is 4.70. The highest BCUT2D eigenvalue weighted by Gasteiger charge is 2.21. The van der Waals surface area contributed by atoms with Gasteiger partial charge in [0.25, 0.3) is 0 Å². The van der Waals surface area contributed by atoms with E-state index in [0.29, 0.717) is 12.3 Å². The van der Waals surface area contributed by atoms with Crippen LogP contribution in [0.5, 0.6) is 5.75 Å². The molecule has 1 aromatic carbocycles. The molecule has 27 heavy (non-hydrogen) atoms. The molecular formula is C20H21N3O2S2. The molecule has 1 amide bonds. The minimum absolute atomic E-state index is 0.0344. The van der Waals surface area contributed by atoms with Crippen LogP contribution in [0.15, 0.2) is 35.6 Å². The Morgan fingerprint density at radius 3 is 2.93 bits per heavy atom. The van der Waals surface area contributed by atoms with Crippen LogP contribution >= 0.6 is 23.1 Å². The lowest BCUT2D eigenvalue weighted by Crippen LogP contribution is -2.27. The first-order valence-electron chi connectivity index (χ1n) is 9.02. The topological polar surface area (TPSA) is 64.1 Å². The zero-order valence-electron chi connectivity index (χ0n) is 15.2. The molecule has 1 aliphatic rings. The lowest BCUT2D eigenvalue weighted by Gasteiger charge is -2.07. The van der Waals surface area contributed by atoms with Gasteiger partial charge >= 0.3 is 0 Å². The van der Waals surface area contributed by atoms with Gasteiger partial charge in [-0.25, -0.2) is 9.97 Å². The minimum atomic E-state index is 0.0344. The number of rotatable bonds is 7. The Balaban J connectivity index is 1.31. The van der Waals surface area contributed by atoms with Crippen molar-refractivity contribution in [2.75, 3.05) is 19.4 Å². The molecule has 4 rings (SSSR count). The fourth-order valence-electron chi connectivity index (χ4n) is 3.33. The highest BCUT2D eigenvalue weighted by Crippen LogP contribution is 2.39. The van der Waals surface area contributed by atoms with E-state index in [2.05, 4.69) is 15.3 Å². The molecular weight excluding hydrogens is 378 g/mol. The van der Waals surface area contributed by atoms with Crippen LogP contribution < -0.4 is 10.1 Å². The van der Waals surface area contributed by atoms with Gasteiger partial charge in [-0.1, -0.05) is 23.9 Å². The number of nitrogens with zero attached hydrogens (tertiary/aromatic N) is 2. The second-order valence-electron chi connectivity index (χ2n) is 6.45. The van der Waals surface area contributed by atoms with Crippen molar-refractivity contribution in [2.24, 2.45) is 0 Å². The normalized spacial score (nSPS) is 12.9. The molecule has 0 atom stereocenters. The summed E-state index contributed by atoms with van der Waals surface area (Å²) >= 11 is 3.28. The van der Waals surface area contributed by atoms with Gasteiger partial charge in [-0.15, -0.1) is 11.3 Å². The highest BCUT2D eigenvalue weighted by atomic mass is 32.2. The number of thioether (sulfide) groups is 1. The van der Waals surface area contributed by atoms with Crippen molar-refractivity contribution in [1.29, 1.82) is 0 Å². The molecule has 0 radical (unpaired) electrons. The summed E-state index contributed by atoms with van der Waals surface area (Å²) in [5, 5.41) is 5.10. The largest absolute Gasteiger partial charge is 0.497 e. The summed E-state index contributed by atoms with van der Waals surface area (Å²) in [6.45, 7) is 0.624. The third-order valence-corrected chi connectivity index (χ3v) is 6.89. The molecule has 0 saturated carbocycles. The Morgan fingerprint density at radius 2 is 2.11 bits per heavy atom. The Labute approximate surface area is 166 Å². The smallest absolute Gasteiger partial charge is 0.230 e. The van der Waals surface area contributed by atoms with Crippen molar-refractivity contribution in [1.82, 2.24) is 15.3 Å². The maximum atomic E-state index is 12.2. The summed E-state index contributed by atoms with van der Waals surface area (Å²) in [7, 11) is 1.66. The van der Waals surface area contributed by atoms with Crippen molar-refractivity contribution in [3.05, 3.63) is 46.6 Å². The van der Waals surface area contributed by atoms with Gasteiger partial charge in [0.2, 0.25) is 5.91 Å². The lowest BCUT2D eigenvalue weighted by molar-refractivity contribution is -0.118. The first-order chi connectivity index (χ1) is 13.2. The molecule has 1 N–H and O–H groups in total. The molecule has 2 aromatic heterocycles. The number of methoxy groups -OCH3 is 1. The quantitative estimate of drug-likeness (QED) is 0.485. The van der Waals surface area contributed by atoms with E-state index in [-0.39, 0.29) is 5.91 Å². The molecule has 3 aromatic rings. The zero-order valence-corrected chi connectivity index (χ0v) is 16.8. The number of carbonyl (C=O) groups is 1. The molecule has 0 saturated heterocycles. The van der Waals surface area contributed by atoms with Crippen LogP contribution in [0.1, 0.15) is 22.4 Å². The summed E-state index contributed by atoms with van der Waals surface area (Å²) in [6, 6.07) is 7.92. The number of fused-ring (bicyclic) bond motifs is 3. The van der Waals surface area contributed by atoms with Gasteiger partial charge in [-0.3, -0.25) is 4.79 Å². The number of amides is 1. The maximum Gasteiger partial charge on any atom is 0.230 e. The van der Waals surface area contributed by atoms with Gasteiger partial charge < -0.3 is 10.1 Å². The predicted octanol–water partition coefficient (Wildman–Crippen LogP) is 3.64. The molecule has 140 valence electrons. The number of hydrogen-bond acceptors (Lipinski definition) is 6. The summed E-state index contributed by atoms with van der Waals surface area (Å²) < 4.78 is 5.16. The number of aromatic nitrogens is 2. The fraction of sp³-hybridized carbons (Fsp3) is 0.350. The standard InChI is InChI=1S/C20H21N3O2S2/c1-25-14-7-5-13(6-8-14)9-10-21-17(24)11-26-19-18-15-3-2-4-16(15)27-20(18)23-12-22-19/h5-8,12H,2-4,9-11H2,1H3,(H,21,24). The first-order valence-corrected chi connectivity index (χ1v) is 10.8. The molecule has 0 unspecified atom stereocenters. The number of benzene rings is 1. The average Bonchev–Trinajstić information content (AvgIpc) is 3.28. The molecule has 2 heterocycles. The monoisotopic (exact) mass is 399 g/mol. The molecule has 1 aliphatic carbocycles. The van der Waals surface area contributed by atoms with Crippen LogP contribution in [-0.4, -0.2) is 35.3 Å². The van der Waals surface area contributed by atoms with Crippen molar-refractivity contribution in [2.45, 2.75) is 30.7 Å². The van der Waals surface area contributed by atoms with Crippen molar-refractivity contribution >= 4 is 39.2 Å². The van der Waals surface area contributed by atoms with E-state index in [1.165, 1.54) is 39.6 Å². The van der Waals surface area contributed by atoms with E-state index in [1.807, 2.05) is 24.3 Å². The van der Waals surface area contributed by atoms with E-state index in [4.69, 9.17) is 4.74 Å². The average molecular weight is 400 g/mol. The summed E-state index contributed by atoms with van der Waals surface area (Å²) in [6.07, 6.45) is 5.87. The van der Waals surface area contributed by atoms with Gasteiger partial charge in [0.15, 0.2) is 0 Å². The Kier molecular flexibility index (Phi) is 5.59. The highest BCUT2D eigenvalue weighted by molar-refractivity contribution is 8.00. The van der Waals surface area contributed by atoms with E-state index in [1.54, 1.807) is 24.8 Å². The maximum absolute atomic E-state index is 12.2. The van der Waals surface area contributed by atoms with Gasteiger partial charge in [0.05, 0.1) is 12.9 Å².